The molecule has 0 saturated heterocycles. The zero-order valence-electron chi connectivity index (χ0n) is 6.53. The van der Waals surface area contributed by atoms with Gasteiger partial charge in [-0.15, -0.1) is 11.8 Å². The normalized spacial score (nSPS) is 9.27. The minimum absolute atomic E-state index is 0.0143. The van der Waals surface area contributed by atoms with E-state index in [9.17, 15) is 9.59 Å². The Morgan fingerprint density at radius 2 is 1.91 bits per heavy atom. The van der Waals surface area contributed by atoms with Crippen molar-refractivity contribution in [2.24, 2.45) is 0 Å². The molecule has 0 aliphatic carbocycles. The molecule has 1 N–H and O–H groups in total. The summed E-state index contributed by atoms with van der Waals surface area (Å²) in [6, 6.07) is 0. The van der Waals surface area contributed by atoms with Gasteiger partial charge in [-0.1, -0.05) is 0 Å². The van der Waals surface area contributed by atoms with Crippen molar-refractivity contribution in [3.63, 3.8) is 0 Å². The zero-order chi connectivity index (χ0) is 8.85. The number of hydrogen-bond donors (Lipinski definition) is 1. The Bertz CT molecular complexity index is 158. The summed E-state index contributed by atoms with van der Waals surface area (Å²) < 4.78 is 0. The van der Waals surface area contributed by atoms with Crippen LogP contribution in [0.4, 0.5) is 0 Å². The van der Waals surface area contributed by atoms with Gasteiger partial charge in [0, 0.05) is 14.1 Å². The SMILES string of the molecule is CN(C)C(=O)CSCC(=O)O. The molecule has 0 aromatic heterocycles. The molecule has 0 aromatic rings. The molecule has 0 unspecified atom stereocenters. The smallest absolute Gasteiger partial charge is 0.313 e. The quantitative estimate of drug-likeness (QED) is 0.651. The van der Waals surface area contributed by atoms with E-state index in [1.807, 2.05) is 0 Å². The maximum Gasteiger partial charge on any atom is 0.313 e. The molecular weight excluding hydrogens is 166 g/mol. The van der Waals surface area contributed by atoms with Crippen LogP contribution in [-0.4, -0.2) is 47.5 Å². The molecule has 5 heteroatoms. The Kier molecular flexibility index (Phi) is 4.69. The predicted molar refractivity (Wildman–Crippen MR) is 43.7 cm³/mol. The van der Waals surface area contributed by atoms with Crippen LogP contribution >= 0.6 is 11.8 Å². The second-order valence-electron chi connectivity index (χ2n) is 2.17. The van der Waals surface area contributed by atoms with Crippen LogP contribution in [0, 0.1) is 0 Å². The van der Waals surface area contributed by atoms with Crippen molar-refractivity contribution in [2.45, 2.75) is 0 Å². The number of rotatable bonds is 4. The number of carboxylic acid groups (broad SMARTS) is 1. The third-order valence-corrected chi connectivity index (χ3v) is 1.85. The average molecular weight is 177 g/mol. The van der Waals surface area contributed by atoms with E-state index in [0.717, 1.165) is 11.8 Å². The Labute approximate surface area is 69.6 Å². The summed E-state index contributed by atoms with van der Waals surface area (Å²) >= 11 is 1.11. The second-order valence-corrected chi connectivity index (χ2v) is 3.16. The van der Waals surface area contributed by atoms with Gasteiger partial charge in [-0.3, -0.25) is 9.59 Å². The summed E-state index contributed by atoms with van der Waals surface area (Å²) in [5.74, 6) is -0.725. The van der Waals surface area contributed by atoms with Crippen molar-refractivity contribution in [1.29, 1.82) is 0 Å². The first-order valence-electron chi connectivity index (χ1n) is 3.03. The Morgan fingerprint density at radius 3 is 2.27 bits per heavy atom. The number of amides is 1. The van der Waals surface area contributed by atoms with E-state index in [1.54, 1.807) is 14.1 Å². The van der Waals surface area contributed by atoms with E-state index in [1.165, 1.54) is 4.90 Å². The lowest BCUT2D eigenvalue weighted by atomic mass is 10.6. The standard InChI is InChI=1S/C6H11NO3S/c1-7(2)5(8)3-11-4-6(9)10/h3-4H2,1-2H3,(H,9,10). The van der Waals surface area contributed by atoms with Crippen LogP contribution in [0.3, 0.4) is 0 Å². The lowest BCUT2D eigenvalue weighted by Gasteiger charge is -2.08. The van der Waals surface area contributed by atoms with Crippen LogP contribution in [0.1, 0.15) is 0 Å². The van der Waals surface area contributed by atoms with Crippen LogP contribution in [0.2, 0.25) is 0 Å². The van der Waals surface area contributed by atoms with Crippen molar-refractivity contribution in [3.8, 4) is 0 Å². The molecule has 64 valence electrons. The molecule has 0 heterocycles. The van der Waals surface area contributed by atoms with Crippen molar-refractivity contribution >= 4 is 23.6 Å². The van der Waals surface area contributed by atoms with E-state index >= 15 is 0 Å². The number of aliphatic carboxylic acids is 1. The van der Waals surface area contributed by atoms with Gasteiger partial charge in [0.1, 0.15) is 0 Å². The molecule has 4 nitrogen and oxygen atoms in total. The van der Waals surface area contributed by atoms with Crippen molar-refractivity contribution in [2.75, 3.05) is 25.6 Å². The van der Waals surface area contributed by atoms with Gasteiger partial charge < -0.3 is 10.0 Å². The largest absolute Gasteiger partial charge is 0.481 e. The third kappa shape index (κ3) is 5.72. The summed E-state index contributed by atoms with van der Waals surface area (Å²) in [7, 11) is 3.29. The summed E-state index contributed by atoms with van der Waals surface area (Å²) in [5.41, 5.74) is 0. The molecule has 0 atom stereocenters. The fourth-order valence-corrected chi connectivity index (χ4v) is 1.06. The molecule has 0 radical (unpaired) electrons. The second kappa shape index (κ2) is 5.01. The van der Waals surface area contributed by atoms with E-state index in [2.05, 4.69) is 0 Å². The molecule has 0 aromatic carbocycles. The lowest BCUT2D eigenvalue weighted by molar-refractivity contribution is -0.133. The Morgan fingerprint density at radius 1 is 1.36 bits per heavy atom. The summed E-state index contributed by atoms with van der Waals surface area (Å²) in [6.07, 6.45) is 0. The van der Waals surface area contributed by atoms with Gasteiger partial charge in [-0.2, -0.15) is 0 Å². The molecule has 0 aliphatic rings. The number of nitrogens with zero attached hydrogens (tertiary/aromatic N) is 1. The number of carbonyl (C=O) groups excluding carboxylic acids is 1. The minimum Gasteiger partial charge on any atom is -0.481 e. The topological polar surface area (TPSA) is 57.6 Å². The first kappa shape index (κ1) is 10.3. The lowest BCUT2D eigenvalue weighted by Crippen LogP contribution is -2.24. The van der Waals surface area contributed by atoms with E-state index in [-0.39, 0.29) is 17.4 Å². The van der Waals surface area contributed by atoms with Crippen LogP contribution in [0.5, 0.6) is 0 Å². The van der Waals surface area contributed by atoms with Crippen LogP contribution in [0.15, 0.2) is 0 Å². The number of hydrogen-bond acceptors (Lipinski definition) is 3. The number of thioether (sulfide) groups is 1. The van der Waals surface area contributed by atoms with Gasteiger partial charge in [-0.25, -0.2) is 0 Å². The van der Waals surface area contributed by atoms with Crippen LogP contribution < -0.4 is 0 Å². The molecule has 0 fully saturated rings. The molecule has 0 bridgehead atoms. The van der Waals surface area contributed by atoms with E-state index in [4.69, 9.17) is 5.11 Å². The minimum atomic E-state index is -0.887. The van der Waals surface area contributed by atoms with Gasteiger partial charge >= 0.3 is 5.97 Å². The van der Waals surface area contributed by atoms with Crippen LogP contribution in [0.25, 0.3) is 0 Å². The first-order valence-corrected chi connectivity index (χ1v) is 4.19. The first-order chi connectivity index (χ1) is 5.04. The van der Waals surface area contributed by atoms with Gasteiger partial charge in [0.05, 0.1) is 11.5 Å². The molecule has 11 heavy (non-hydrogen) atoms. The van der Waals surface area contributed by atoms with Crippen molar-refractivity contribution in [3.05, 3.63) is 0 Å². The summed E-state index contributed by atoms with van der Waals surface area (Å²) in [5, 5.41) is 8.22. The maximum atomic E-state index is 10.8. The fraction of sp³-hybridized carbons (Fsp3) is 0.667. The Hall–Kier alpha value is -0.710. The van der Waals surface area contributed by atoms with Crippen LogP contribution in [-0.2, 0) is 9.59 Å². The number of carboxylic acids is 1. The maximum absolute atomic E-state index is 10.8. The molecule has 0 spiro atoms. The van der Waals surface area contributed by atoms with E-state index < -0.39 is 5.97 Å². The molecule has 0 aliphatic heterocycles. The van der Waals surface area contributed by atoms with Crippen molar-refractivity contribution in [1.82, 2.24) is 4.90 Å². The Balaban J connectivity index is 3.39. The third-order valence-electron chi connectivity index (χ3n) is 0.950. The highest BCUT2D eigenvalue weighted by atomic mass is 32.2. The van der Waals surface area contributed by atoms with E-state index in [0.29, 0.717) is 0 Å². The van der Waals surface area contributed by atoms with Gasteiger partial charge in [-0.05, 0) is 0 Å². The highest BCUT2D eigenvalue weighted by Crippen LogP contribution is 1.99. The highest BCUT2D eigenvalue weighted by molar-refractivity contribution is 8.00. The predicted octanol–water partition coefficient (Wildman–Crippen LogP) is -0.108. The number of carbonyl (C=O) groups is 2. The molecular formula is C6H11NO3S. The average Bonchev–Trinajstić information content (AvgIpc) is 1.86. The fourth-order valence-electron chi connectivity index (χ4n) is 0.355. The van der Waals surface area contributed by atoms with Gasteiger partial charge in [0.15, 0.2) is 0 Å². The van der Waals surface area contributed by atoms with Crippen molar-refractivity contribution < 1.29 is 14.7 Å². The van der Waals surface area contributed by atoms with Gasteiger partial charge in [0.2, 0.25) is 5.91 Å². The summed E-state index contributed by atoms with van der Waals surface area (Å²) in [4.78, 5) is 22.3. The summed E-state index contributed by atoms with van der Waals surface area (Å²) in [6.45, 7) is 0. The molecule has 0 rings (SSSR count). The monoisotopic (exact) mass is 177 g/mol. The molecule has 1 amide bonds. The zero-order valence-corrected chi connectivity index (χ0v) is 7.35. The highest BCUT2D eigenvalue weighted by Gasteiger charge is 2.04. The molecule has 0 saturated carbocycles. The van der Waals surface area contributed by atoms with Gasteiger partial charge in [0.25, 0.3) is 0 Å².